The Labute approximate surface area is 173 Å². The lowest BCUT2D eigenvalue weighted by molar-refractivity contribution is -0.157. The van der Waals surface area contributed by atoms with Gasteiger partial charge in [0.25, 0.3) is 0 Å². The van der Waals surface area contributed by atoms with Crippen LogP contribution in [0.1, 0.15) is 50.3 Å². The van der Waals surface area contributed by atoms with E-state index in [-0.39, 0.29) is 11.2 Å². The molecule has 0 amide bonds. The van der Waals surface area contributed by atoms with Crippen LogP contribution in [-0.4, -0.2) is 54.5 Å². The van der Waals surface area contributed by atoms with Gasteiger partial charge in [-0.15, -0.1) is 0 Å². The van der Waals surface area contributed by atoms with Gasteiger partial charge in [-0.3, -0.25) is 9.89 Å². The molecule has 2 atom stereocenters. The van der Waals surface area contributed by atoms with Crippen LogP contribution in [-0.2, 0) is 15.9 Å². The number of hydrogen-bond acceptors (Lipinski definition) is 6. The number of nitrogens with zero attached hydrogens (tertiary/aromatic N) is 3. The predicted octanol–water partition coefficient (Wildman–Crippen LogP) is 3.69. The van der Waals surface area contributed by atoms with Gasteiger partial charge in [0.05, 0.1) is 16.9 Å². The van der Waals surface area contributed by atoms with E-state index in [4.69, 9.17) is 10.6 Å². The van der Waals surface area contributed by atoms with Crippen molar-refractivity contribution >= 4 is 23.7 Å². The number of rotatable bonds is 6. The van der Waals surface area contributed by atoms with Crippen molar-refractivity contribution in [2.75, 3.05) is 31.6 Å². The first-order chi connectivity index (χ1) is 13.3. The Kier molecular flexibility index (Phi) is 6.52. The van der Waals surface area contributed by atoms with E-state index in [0.717, 1.165) is 43.9 Å². The smallest absolute Gasteiger partial charge is 0.0974 e. The fraction of sp³-hybridized carbons (Fsp3) is 0.636. The SMILES string of the molecule is CSCCN=CC(CN1CCC2(C[C@@H]1C)OC(C)(C)c1ccc(C)cc12)=NN. The number of ether oxygens (including phenoxy) is 1. The van der Waals surface area contributed by atoms with Crippen LogP contribution in [0.4, 0.5) is 0 Å². The van der Waals surface area contributed by atoms with Gasteiger partial charge in [0.1, 0.15) is 0 Å². The van der Waals surface area contributed by atoms with Gasteiger partial charge in [-0.1, -0.05) is 23.8 Å². The quantitative estimate of drug-likeness (QED) is 0.341. The molecule has 154 valence electrons. The average molecular weight is 403 g/mol. The topological polar surface area (TPSA) is 63.2 Å². The molecule has 0 bridgehead atoms. The number of hydrogen-bond donors (Lipinski definition) is 1. The maximum absolute atomic E-state index is 6.73. The van der Waals surface area contributed by atoms with Gasteiger partial charge in [-0.2, -0.15) is 16.9 Å². The summed E-state index contributed by atoms with van der Waals surface area (Å²) < 4.78 is 6.73. The molecule has 1 unspecified atom stereocenters. The molecule has 0 saturated carbocycles. The molecular weight excluding hydrogens is 368 g/mol. The number of hydrazone groups is 1. The zero-order valence-corrected chi connectivity index (χ0v) is 18.7. The molecule has 0 radical (unpaired) electrons. The lowest BCUT2D eigenvalue weighted by Gasteiger charge is -2.44. The van der Waals surface area contributed by atoms with E-state index in [1.807, 2.05) is 6.21 Å². The van der Waals surface area contributed by atoms with Crippen molar-refractivity contribution in [2.45, 2.75) is 57.8 Å². The molecule has 6 heteroatoms. The first kappa shape index (κ1) is 21.3. The average Bonchev–Trinajstić information content (AvgIpc) is 2.85. The molecule has 1 aromatic carbocycles. The van der Waals surface area contributed by atoms with Crippen molar-refractivity contribution in [3.63, 3.8) is 0 Å². The molecule has 28 heavy (non-hydrogen) atoms. The number of aryl methyl sites for hydroxylation is 1. The normalized spacial score (nSPS) is 27.6. The summed E-state index contributed by atoms with van der Waals surface area (Å²) in [5.74, 6) is 6.64. The Morgan fingerprint density at radius 1 is 1.39 bits per heavy atom. The molecular formula is C22H34N4OS. The Hall–Kier alpha value is -1.37. The molecule has 2 aliphatic rings. The molecule has 0 aromatic heterocycles. The molecule has 3 rings (SSSR count). The summed E-state index contributed by atoms with van der Waals surface area (Å²) in [6.45, 7) is 11.3. The van der Waals surface area contributed by atoms with Crippen molar-refractivity contribution in [3.8, 4) is 0 Å². The van der Waals surface area contributed by atoms with Crippen LogP contribution in [0.25, 0.3) is 0 Å². The molecule has 2 N–H and O–H groups in total. The fourth-order valence-electron chi connectivity index (χ4n) is 4.62. The van der Waals surface area contributed by atoms with Gasteiger partial charge in [0.15, 0.2) is 0 Å². The standard InChI is InChI=1S/C22H34N4OS/c1-16-6-7-19-20(12-16)22(27-21(19,3)4)8-10-26(17(2)13-22)15-18(25-23)14-24-9-11-28-5/h6-7,12,14,17H,8-11,13,15,23H2,1-5H3/t17-,22?/m0/s1. The molecule has 2 heterocycles. The van der Waals surface area contributed by atoms with Crippen molar-refractivity contribution < 1.29 is 4.74 Å². The summed E-state index contributed by atoms with van der Waals surface area (Å²) in [5.41, 5.74) is 4.44. The van der Waals surface area contributed by atoms with E-state index in [0.29, 0.717) is 6.04 Å². The van der Waals surface area contributed by atoms with Crippen LogP contribution in [0.15, 0.2) is 28.3 Å². The number of nitrogens with two attached hydrogens (primary N) is 1. The number of piperidine rings is 1. The van der Waals surface area contributed by atoms with E-state index >= 15 is 0 Å². The summed E-state index contributed by atoms with van der Waals surface area (Å²) in [5, 5.41) is 3.96. The third kappa shape index (κ3) is 4.29. The highest BCUT2D eigenvalue weighted by molar-refractivity contribution is 7.98. The monoisotopic (exact) mass is 402 g/mol. The van der Waals surface area contributed by atoms with E-state index in [1.54, 1.807) is 11.8 Å². The second kappa shape index (κ2) is 8.56. The predicted molar refractivity (Wildman–Crippen MR) is 121 cm³/mol. The maximum atomic E-state index is 6.73. The third-order valence-corrected chi connectivity index (χ3v) is 6.60. The summed E-state index contributed by atoms with van der Waals surface area (Å²) in [7, 11) is 0. The van der Waals surface area contributed by atoms with Crippen LogP contribution < -0.4 is 5.84 Å². The molecule has 1 spiro atoms. The van der Waals surface area contributed by atoms with E-state index < -0.39 is 0 Å². The van der Waals surface area contributed by atoms with Crippen LogP contribution in [0.5, 0.6) is 0 Å². The maximum Gasteiger partial charge on any atom is 0.0974 e. The van der Waals surface area contributed by atoms with Crippen molar-refractivity contribution in [2.24, 2.45) is 15.9 Å². The van der Waals surface area contributed by atoms with Gasteiger partial charge >= 0.3 is 0 Å². The summed E-state index contributed by atoms with van der Waals surface area (Å²) in [4.78, 5) is 6.89. The first-order valence-electron chi connectivity index (χ1n) is 10.1. The molecule has 1 aromatic rings. The number of thioether (sulfide) groups is 1. The number of fused-ring (bicyclic) bond motifs is 2. The Bertz CT molecular complexity index is 761. The Morgan fingerprint density at radius 2 is 2.18 bits per heavy atom. The van der Waals surface area contributed by atoms with Gasteiger partial charge in [0.2, 0.25) is 0 Å². The van der Waals surface area contributed by atoms with E-state index in [2.05, 4.69) is 67.1 Å². The van der Waals surface area contributed by atoms with Crippen LogP contribution in [0.2, 0.25) is 0 Å². The van der Waals surface area contributed by atoms with Crippen LogP contribution in [0, 0.1) is 6.92 Å². The minimum Gasteiger partial charge on any atom is -0.360 e. The Morgan fingerprint density at radius 3 is 2.86 bits per heavy atom. The fourth-order valence-corrected chi connectivity index (χ4v) is 4.91. The molecule has 2 aliphatic heterocycles. The number of benzene rings is 1. The highest BCUT2D eigenvalue weighted by atomic mass is 32.2. The van der Waals surface area contributed by atoms with E-state index in [1.165, 1.54) is 16.7 Å². The number of likely N-dealkylation sites (tertiary alicyclic amines) is 1. The van der Waals surface area contributed by atoms with Gasteiger partial charge in [-0.25, -0.2) is 0 Å². The minimum absolute atomic E-state index is 0.187. The third-order valence-electron chi connectivity index (χ3n) is 6.01. The van der Waals surface area contributed by atoms with E-state index in [9.17, 15) is 0 Å². The minimum atomic E-state index is -0.237. The molecule has 5 nitrogen and oxygen atoms in total. The Balaban J connectivity index is 1.72. The summed E-state index contributed by atoms with van der Waals surface area (Å²) in [6.07, 6.45) is 5.89. The van der Waals surface area contributed by atoms with Gasteiger partial charge < -0.3 is 10.6 Å². The van der Waals surface area contributed by atoms with Gasteiger partial charge in [0, 0.05) is 37.6 Å². The number of aliphatic imine (C=N–C) groups is 1. The zero-order valence-electron chi connectivity index (χ0n) is 17.9. The van der Waals surface area contributed by atoms with Crippen molar-refractivity contribution in [1.29, 1.82) is 0 Å². The summed E-state index contributed by atoms with van der Waals surface area (Å²) in [6, 6.07) is 7.16. The zero-order chi connectivity index (χ0) is 20.4. The highest BCUT2D eigenvalue weighted by Gasteiger charge is 2.51. The molecule has 0 aliphatic carbocycles. The second-order valence-corrected chi connectivity index (χ2v) is 9.56. The van der Waals surface area contributed by atoms with Crippen molar-refractivity contribution in [1.82, 2.24) is 4.90 Å². The van der Waals surface area contributed by atoms with Crippen molar-refractivity contribution in [3.05, 3.63) is 34.9 Å². The molecule has 1 saturated heterocycles. The van der Waals surface area contributed by atoms with Crippen LogP contribution in [0.3, 0.4) is 0 Å². The largest absolute Gasteiger partial charge is 0.360 e. The highest BCUT2D eigenvalue weighted by Crippen LogP contribution is 2.53. The van der Waals surface area contributed by atoms with Gasteiger partial charge in [-0.05, 0) is 57.9 Å². The lowest BCUT2D eigenvalue weighted by Crippen LogP contribution is -2.50. The molecule has 1 fully saturated rings. The summed E-state index contributed by atoms with van der Waals surface area (Å²) >= 11 is 1.79. The lowest BCUT2D eigenvalue weighted by atomic mass is 9.79. The van der Waals surface area contributed by atoms with Crippen LogP contribution >= 0.6 is 11.8 Å². The second-order valence-electron chi connectivity index (χ2n) is 8.58. The first-order valence-corrected chi connectivity index (χ1v) is 11.5.